The summed E-state index contributed by atoms with van der Waals surface area (Å²) >= 11 is 7.53. The van der Waals surface area contributed by atoms with E-state index in [0.717, 1.165) is 24.0 Å². The number of rotatable bonds is 2. The van der Waals surface area contributed by atoms with E-state index in [1.54, 1.807) is 11.8 Å². The zero-order chi connectivity index (χ0) is 10.7. The van der Waals surface area contributed by atoms with Crippen molar-refractivity contribution in [2.24, 2.45) is 4.99 Å². The summed E-state index contributed by atoms with van der Waals surface area (Å²) in [6.45, 7) is 1.92. The van der Waals surface area contributed by atoms with Crippen LogP contribution in [0.2, 0.25) is 5.15 Å². The van der Waals surface area contributed by atoms with Gasteiger partial charge in [0.2, 0.25) is 0 Å². The number of pyridine rings is 1. The number of thioether (sulfide) groups is 1. The summed E-state index contributed by atoms with van der Waals surface area (Å²) in [4.78, 5) is 10.6. The van der Waals surface area contributed by atoms with Crippen LogP contribution in [0.1, 0.15) is 5.56 Å². The molecule has 2 heterocycles. The van der Waals surface area contributed by atoms with Gasteiger partial charge in [-0.15, -0.1) is 0 Å². The smallest absolute Gasteiger partial charge is 0.159 e. The highest BCUT2D eigenvalue weighted by Crippen LogP contribution is 2.20. The van der Waals surface area contributed by atoms with Crippen LogP contribution in [0.5, 0.6) is 0 Å². The van der Waals surface area contributed by atoms with E-state index in [9.17, 15) is 0 Å². The van der Waals surface area contributed by atoms with Crippen LogP contribution in [0.4, 0.5) is 0 Å². The van der Waals surface area contributed by atoms with E-state index in [1.165, 1.54) is 5.56 Å². The molecule has 1 aromatic heterocycles. The van der Waals surface area contributed by atoms with Crippen LogP contribution in [0.25, 0.3) is 0 Å². The Balaban J connectivity index is 2.05. The van der Waals surface area contributed by atoms with Gasteiger partial charge in [0, 0.05) is 32.1 Å². The highest BCUT2D eigenvalue weighted by Gasteiger charge is 2.18. The molecule has 15 heavy (non-hydrogen) atoms. The largest absolute Gasteiger partial charge is 0.346 e. The second-order valence-corrected chi connectivity index (χ2v) is 4.71. The molecule has 0 aromatic carbocycles. The van der Waals surface area contributed by atoms with Gasteiger partial charge in [0.15, 0.2) is 5.17 Å². The van der Waals surface area contributed by atoms with Gasteiger partial charge in [-0.25, -0.2) is 4.98 Å². The molecule has 1 aliphatic rings. The van der Waals surface area contributed by atoms with Crippen LogP contribution in [-0.4, -0.2) is 34.4 Å². The van der Waals surface area contributed by atoms with E-state index < -0.39 is 0 Å². The first-order valence-corrected chi connectivity index (χ1v) is 6.11. The van der Waals surface area contributed by atoms with Crippen molar-refractivity contribution in [3.8, 4) is 0 Å². The van der Waals surface area contributed by atoms with Crippen molar-refractivity contribution in [2.75, 3.05) is 19.3 Å². The zero-order valence-corrected chi connectivity index (χ0v) is 10.1. The Morgan fingerprint density at radius 1 is 1.60 bits per heavy atom. The minimum Gasteiger partial charge on any atom is -0.346 e. The van der Waals surface area contributed by atoms with Gasteiger partial charge in [-0.05, 0) is 11.6 Å². The summed E-state index contributed by atoms with van der Waals surface area (Å²) < 4.78 is 0. The molecule has 1 aromatic rings. The van der Waals surface area contributed by atoms with Crippen LogP contribution < -0.4 is 0 Å². The number of amidine groups is 1. The summed E-state index contributed by atoms with van der Waals surface area (Å²) in [5.74, 6) is 1.12. The topological polar surface area (TPSA) is 28.5 Å². The minimum absolute atomic E-state index is 0.541. The Morgan fingerprint density at radius 2 is 2.47 bits per heavy atom. The van der Waals surface area contributed by atoms with Crippen molar-refractivity contribution in [1.82, 2.24) is 9.88 Å². The van der Waals surface area contributed by atoms with E-state index >= 15 is 0 Å². The van der Waals surface area contributed by atoms with Crippen molar-refractivity contribution >= 4 is 28.5 Å². The molecule has 5 heteroatoms. The minimum atomic E-state index is 0.541. The van der Waals surface area contributed by atoms with Gasteiger partial charge in [-0.2, -0.15) is 0 Å². The van der Waals surface area contributed by atoms with E-state index in [2.05, 4.69) is 14.9 Å². The molecule has 2 rings (SSSR count). The summed E-state index contributed by atoms with van der Waals surface area (Å²) in [5, 5.41) is 1.66. The molecule has 0 aliphatic carbocycles. The molecule has 0 unspecified atom stereocenters. The third-order valence-corrected chi connectivity index (χ3v) is 3.53. The Kier molecular flexibility index (Phi) is 3.49. The van der Waals surface area contributed by atoms with Gasteiger partial charge in [0.1, 0.15) is 5.15 Å². The van der Waals surface area contributed by atoms with E-state index in [-0.39, 0.29) is 0 Å². The average molecular weight is 242 g/mol. The Bertz CT molecular complexity index is 363. The molecular weight excluding hydrogens is 230 g/mol. The Morgan fingerprint density at radius 3 is 3.13 bits per heavy atom. The molecule has 1 aliphatic heterocycles. The predicted molar refractivity (Wildman–Crippen MR) is 65.5 cm³/mol. The van der Waals surface area contributed by atoms with E-state index in [4.69, 9.17) is 11.6 Å². The number of aliphatic imine (C=N–C) groups is 1. The third kappa shape index (κ3) is 2.63. The lowest BCUT2D eigenvalue weighted by Gasteiger charge is -2.17. The van der Waals surface area contributed by atoms with Crippen molar-refractivity contribution in [2.45, 2.75) is 6.54 Å². The number of hydrogen-bond donors (Lipinski definition) is 0. The van der Waals surface area contributed by atoms with Crippen LogP contribution in [0, 0.1) is 0 Å². The van der Waals surface area contributed by atoms with Crippen LogP contribution in [-0.2, 0) is 6.54 Å². The number of aromatic nitrogens is 1. The second-order valence-electron chi connectivity index (χ2n) is 3.27. The molecule has 0 bridgehead atoms. The maximum absolute atomic E-state index is 5.73. The molecule has 0 saturated carbocycles. The highest BCUT2D eigenvalue weighted by molar-refractivity contribution is 8.14. The monoisotopic (exact) mass is 241 g/mol. The zero-order valence-electron chi connectivity index (χ0n) is 8.48. The van der Waals surface area contributed by atoms with Crippen LogP contribution >= 0.6 is 23.4 Å². The van der Waals surface area contributed by atoms with E-state index in [1.807, 2.05) is 25.4 Å². The fraction of sp³-hybridized carbons (Fsp3) is 0.400. The standard InChI is InChI=1S/C10H12ClN3S/c1-12-10-14(4-5-15-10)7-8-2-3-9(11)13-6-8/h2-3,6H,4-5,7H2,1H3/b12-10+. The summed E-state index contributed by atoms with van der Waals surface area (Å²) in [5.41, 5.74) is 1.17. The second kappa shape index (κ2) is 4.86. The normalized spacial score (nSPS) is 18.8. The molecule has 0 N–H and O–H groups in total. The summed E-state index contributed by atoms with van der Waals surface area (Å²) in [6.07, 6.45) is 1.82. The summed E-state index contributed by atoms with van der Waals surface area (Å²) in [6, 6.07) is 3.83. The number of halogens is 1. The quantitative estimate of drug-likeness (QED) is 0.744. The fourth-order valence-electron chi connectivity index (χ4n) is 1.51. The maximum Gasteiger partial charge on any atom is 0.159 e. The average Bonchev–Trinajstić information content (AvgIpc) is 2.69. The van der Waals surface area contributed by atoms with Crippen molar-refractivity contribution in [1.29, 1.82) is 0 Å². The van der Waals surface area contributed by atoms with Gasteiger partial charge in [0.05, 0.1) is 0 Å². The van der Waals surface area contributed by atoms with Gasteiger partial charge in [0.25, 0.3) is 0 Å². The molecule has 0 radical (unpaired) electrons. The van der Waals surface area contributed by atoms with Crippen LogP contribution in [0.3, 0.4) is 0 Å². The fourth-order valence-corrected chi connectivity index (χ4v) is 2.58. The van der Waals surface area contributed by atoms with Crippen molar-refractivity contribution in [3.63, 3.8) is 0 Å². The first kappa shape index (κ1) is 10.8. The van der Waals surface area contributed by atoms with Crippen LogP contribution in [0.15, 0.2) is 23.3 Å². The molecule has 0 amide bonds. The first-order valence-electron chi connectivity index (χ1n) is 4.74. The SMILES string of the molecule is C/N=C1/SCCN1Cc1ccc(Cl)nc1. The Hall–Kier alpha value is -0.740. The summed E-state index contributed by atoms with van der Waals surface area (Å²) in [7, 11) is 1.83. The lowest BCUT2D eigenvalue weighted by Crippen LogP contribution is -2.23. The van der Waals surface area contributed by atoms with Gasteiger partial charge >= 0.3 is 0 Å². The van der Waals surface area contributed by atoms with E-state index in [0.29, 0.717) is 5.15 Å². The molecule has 80 valence electrons. The number of hydrogen-bond acceptors (Lipinski definition) is 3. The predicted octanol–water partition coefficient (Wildman–Crippen LogP) is 2.27. The lowest BCUT2D eigenvalue weighted by atomic mass is 10.3. The molecular formula is C10H12ClN3S. The lowest BCUT2D eigenvalue weighted by molar-refractivity contribution is 0.456. The third-order valence-electron chi connectivity index (χ3n) is 2.22. The molecule has 0 atom stereocenters. The van der Waals surface area contributed by atoms with Gasteiger partial charge < -0.3 is 4.90 Å². The highest BCUT2D eigenvalue weighted by atomic mass is 35.5. The Labute approximate surface area is 98.6 Å². The first-order chi connectivity index (χ1) is 7.29. The maximum atomic E-state index is 5.73. The molecule has 1 saturated heterocycles. The van der Waals surface area contributed by atoms with Gasteiger partial charge in [-0.1, -0.05) is 29.4 Å². The van der Waals surface area contributed by atoms with Gasteiger partial charge in [-0.3, -0.25) is 4.99 Å². The van der Waals surface area contributed by atoms with Crippen molar-refractivity contribution < 1.29 is 0 Å². The molecule has 1 fully saturated rings. The van der Waals surface area contributed by atoms with Crippen molar-refractivity contribution in [3.05, 3.63) is 29.0 Å². The molecule has 3 nitrogen and oxygen atoms in total. The number of nitrogens with zero attached hydrogens (tertiary/aromatic N) is 3. The molecule has 0 spiro atoms.